The monoisotopic (exact) mass is 521 g/mol. The van der Waals surface area contributed by atoms with Crippen molar-refractivity contribution in [1.29, 1.82) is 0 Å². The number of piperidine rings is 1. The summed E-state index contributed by atoms with van der Waals surface area (Å²) in [6, 6.07) is 14.1. The van der Waals surface area contributed by atoms with E-state index >= 15 is 0 Å². The van der Waals surface area contributed by atoms with Gasteiger partial charge in [-0.05, 0) is 67.4 Å². The fraction of sp³-hybridized carbons (Fsp3) is 0.200. The summed E-state index contributed by atoms with van der Waals surface area (Å²) in [6.45, 7) is 0.712. The highest BCUT2D eigenvalue weighted by atomic mass is 32.2. The summed E-state index contributed by atoms with van der Waals surface area (Å²) in [5.41, 5.74) is 1.32. The highest BCUT2D eigenvalue weighted by molar-refractivity contribution is 7.89. The number of nitrogens with one attached hydrogen (secondary N) is 2. The van der Waals surface area contributed by atoms with E-state index in [9.17, 15) is 12.8 Å². The molecule has 4 aromatic rings. The van der Waals surface area contributed by atoms with Crippen LogP contribution in [0, 0.1) is 5.82 Å². The molecule has 1 aliphatic rings. The maximum Gasteiger partial charge on any atom is 0.243 e. The molecule has 2 aromatic carbocycles. The van der Waals surface area contributed by atoms with E-state index < -0.39 is 10.0 Å². The zero-order valence-corrected chi connectivity index (χ0v) is 20.5. The van der Waals surface area contributed by atoms with Crippen LogP contribution in [0.1, 0.15) is 12.8 Å². The minimum atomic E-state index is -3.64. The summed E-state index contributed by atoms with van der Waals surface area (Å²) in [6.07, 6.45) is 7.27. The molecule has 2 N–H and O–H groups in total. The topological polar surface area (TPSA) is 122 Å². The Labute approximate surface area is 213 Å². The number of benzene rings is 2. The van der Waals surface area contributed by atoms with E-state index in [0.29, 0.717) is 55.0 Å². The third-order valence-corrected chi connectivity index (χ3v) is 7.66. The van der Waals surface area contributed by atoms with Crippen molar-refractivity contribution in [3.8, 4) is 5.88 Å². The summed E-state index contributed by atoms with van der Waals surface area (Å²) in [7, 11) is -3.64. The molecular formula is C25H24FN7O3S. The number of rotatable bonds is 8. The zero-order valence-electron chi connectivity index (χ0n) is 19.7. The first-order chi connectivity index (χ1) is 18.0. The standard InChI is InChI=1S/C25H24FN7O3S/c26-18-1-3-19(4-2-18)30-23-9-12-29-25(32-23)31-20-5-7-22(8-6-20)37(34,35)33-15-10-21(11-16-33)36-24-17-27-13-14-28-24/h1-9,12-14,17,21H,10-11,15-16H2,(H2,29,30,31,32). The van der Waals surface area contributed by atoms with Gasteiger partial charge in [0.15, 0.2) is 0 Å². The first-order valence-corrected chi connectivity index (χ1v) is 13.1. The average molecular weight is 522 g/mol. The summed E-state index contributed by atoms with van der Waals surface area (Å²) in [5, 5.41) is 6.15. The molecule has 3 heterocycles. The van der Waals surface area contributed by atoms with E-state index in [2.05, 4.69) is 30.6 Å². The van der Waals surface area contributed by atoms with Crippen LogP contribution in [0.3, 0.4) is 0 Å². The maximum absolute atomic E-state index is 13.1. The second kappa shape index (κ2) is 10.8. The molecule has 1 fully saturated rings. The van der Waals surface area contributed by atoms with Crippen molar-refractivity contribution in [2.24, 2.45) is 0 Å². The van der Waals surface area contributed by atoms with Crippen molar-refractivity contribution in [1.82, 2.24) is 24.2 Å². The fourth-order valence-electron chi connectivity index (χ4n) is 3.87. The number of aromatic nitrogens is 4. The minimum absolute atomic E-state index is 0.108. The van der Waals surface area contributed by atoms with E-state index in [1.165, 1.54) is 16.4 Å². The molecule has 0 spiro atoms. The molecule has 2 aromatic heterocycles. The lowest BCUT2D eigenvalue weighted by Gasteiger charge is -2.31. The minimum Gasteiger partial charge on any atom is -0.473 e. The van der Waals surface area contributed by atoms with E-state index in [1.54, 1.807) is 67.3 Å². The zero-order chi connectivity index (χ0) is 25.7. The molecule has 5 rings (SSSR count). The molecule has 12 heteroatoms. The van der Waals surface area contributed by atoms with Crippen molar-refractivity contribution in [2.45, 2.75) is 23.8 Å². The lowest BCUT2D eigenvalue weighted by molar-refractivity contribution is 0.129. The molecule has 0 amide bonds. The van der Waals surface area contributed by atoms with Crippen LogP contribution in [0.2, 0.25) is 0 Å². The van der Waals surface area contributed by atoms with Crippen molar-refractivity contribution in [3.05, 3.63) is 85.2 Å². The van der Waals surface area contributed by atoms with Gasteiger partial charge in [-0.1, -0.05) is 0 Å². The third-order valence-electron chi connectivity index (χ3n) is 5.75. The Kier molecular flexibility index (Phi) is 7.19. The van der Waals surface area contributed by atoms with Gasteiger partial charge < -0.3 is 15.4 Å². The molecule has 0 radical (unpaired) electrons. The summed E-state index contributed by atoms with van der Waals surface area (Å²) >= 11 is 0. The molecule has 0 saturated carbocycles. The van der Waals surface area contributed by atoms with Gasteiger partial charge in [-0.25, -0.2) is 22.8 Å². The van der Waals surface area contributed by atoms with Crippen LogP contribution >= 0.6 is 0 Å². The molecule has 1 saturated heterocycles. The molecule has 0 bridgehead atoms. The van der Waals surface area contributed by atoms with Gasteiger partial charge in [-0.15, -0.1) is 0 Å². The molecule has 10 nitrogen and oxygen atoms in total. The van der Waals surface area contributed by atoms with Gasteiger partial charge in [0.25, 0.3) is 0 Å². The van der Waals surface area contributed by atoms with Crippen LogP contribution in [0.5, 0.6) is 5.88 Å². The number of hydrogen-bond acceptors (Lipinski definition) is 9. The predicted octanol–water partition coefficient (Wildman–Crippen LogP) is 4.13. The van der Waals surface area contributed by atoms with Crippen LogP contribution < -0.4 is 15.4 Å². The van der Waals surface area contributed by atoms with Crippen LogP contribution in [0.4, 0.5) is 27.5 Å². The van der Waals surface area contributed by atoms with E-state index in [4.69, 9.17) is 4.74 Å². The number of ether oxygens (including phenoxy) is 1. The van der Waals surface area contributed by atoms with Gasteiger partial charge in [0.1, 0.15) is 17.7 Å². The van der Waals surface area contributed by atoms with Gasteiger partial charge in [-0.3, -0.25) is 4.98 Å². The third kappa shape index (κ3) is 6.16. The Morgan fingerprint density at radius 3 is 2.27 bits per heavy atom. The van der Waals surface area contributed by atoms with Gasteiger partial charge in [-0.2, -0.15) is 9.29 Å². The summed E-state index contributed by atoms with van der Waals surface area (Å²) < 4.78 is 46.7. The lowest BCUT2D eigenvalue weighted by atomic mass is 10.1. The highest BCUT2D eigenvalue weighted by Crippen LogP contribution is 2.25. The Morgan fingerprint density at radius 2 is 1.57 bits per heavy atom. The normalized spacial score (nSPS) is 14.7. The molecule has 1 aliphatic heterocycles. The molecule has 37 heavy (non-hydrogen) atoms. The van der Waals surface area contributed by atoms with Gasteiger partial charge in [0, 0.05) is 43.1 Å². The van der Waals surface area contributed by atoms with Gasteiger partial charge >= 0.3 is 0 Å². The largest absolute Gasteiger partial charge is 0.473 e. The Bertz CT molecular complexity index is 1430. The van der Waals surface area contributed by atoms with Gasteiger partial charge in [0.2, 0.25) is 21.9 Å². The number of halogens is 1. The van der Waals surface area contributed by atoms with Crippen LogP contribution in [0.25, 0.3) is 0 Å². The van der Waals surface area contributed by atoms with Crippen LogP contribution in [0.15, 0.2) is 84.3 Å². The Morgan fingerprint density at radius 1 is 0.865 bits per heavy atom. The van der Waals surface area contributed by atoms with Crippen molar-refractivity contribution in [3.63, 3.8) is 0 Å². The van der Waals surface area contributed by atoms with Crippen LogP contribution in [-0.4, -0.2) is 51.9 Å². The number of nitrogens with zero attached hydrogens (tertiary/aromatic N) is 5. The quantitative estimate of drug-likeness (QED) is 0.352. The Hall–Kier alpha value is -4.16. The highest BCUT2D eigenvalue weighted by Gasteiger charge is 2.30. The molecule has 0 aliphatic carbocycles. The second-order valence-electron chi connectivity index (χ2n) is 8.31. The smallest absolute Gasteiger partial charge is 0.243 e. The van der Waals surface area contributed by atoms with Crippen molar-refractivity contribution in [2.75, 3.05) is 23.7 Å². The first kappa shape index (κ1) is 24.5. The molecule has 0 unspecified atom stereocenters. The number of anilines is 4. The van der Waals surface area contributed by atoms with E-state index in [-0.39, 0.29) is 16.8 Å². The fourth-order valence-corrected chi connectivity index (χ4v) is 5.34. The van der Waals surface area contributed by atoms with E-state index in [1.807, 2.05) is 0 Å². The van der Waals surface area contributed by atoms with E-state index in [0.717, 1.165) is 0 Å². The van der Waals surface area contributed by atoms with Crippen molar-refractivity contribution >= 4 is 33.2 Å². The SMILES string of the molecule is O=S(=O)(c1ccc(Nc2nccc(Nc3ccc(F)cc3)n2)cc1)N1CCC(Oc2cnccn2)CC1. The average Bonchev–Trinajstić information content (AvgIpc) is 2.91. The number of hydrogen-bond donors (Lipinski definition) is 2. The van der Waals surface area contributed by atoms with Crippen molar-refractivity contribution < 1.29 is 17.5 Å². The summed E-state index contributed by atoms with van der Waals surface area (Å²) in [4.78, 5) is 16.9. The molecular weight excluding hydrogens is 497 g/mol. The first-order valence-electron chi connectivity index (χ1n) is 11.6. The molecule has 0 atom stereocenters. The molecule has 190 valence electrons. The predicted molar refractivity (Wildman–Crippen MR) is 136 cm³/mol. The van der Waals surface area contributed by atoms with Crippen LogP contribution in [-0.2, 0) is 10.0 Å². The maximum atomic E-state index is 13.1. The van der Waals surface area contributed by atoms with Gasteiger partial charge in [0.05, 0.1) is 11.1 Å². The second-order valence-corrected chi connectivity index (χ2v) is 10.2. The summed E-state index contributed by atoms with van der Waals surface area (Å²) in [5.74, 6) is 0.966. The Balaban J connectivity index is 1.19. The lowest BCUT2D eigenvalue weighted by Crippen LogP contribution is -2.41. The number of sulfonamides is 1.